The molecule has 1 amide bonds. The molecule has 0 radical (unpaired) electrons. The Morgan fingerprint density at radius 3 is 2.41 bits per heavy atom. The van der Waals surface area contributed by atoms with Gasteiger partial charge in [-0.1, -0.05) is 48.0 Å². The molecule has 1 aliphatic rings. The molecule has 0 unspecified atom stereocenters. The van der Waals surface area contributed by atoms with Gasteiger partial charge in [-0.2, -0.15) is 0 Å². The second-order valence-electron chi connectivity index (χ2n) is 8.92. The molecule has 2 heterocycles. The lowest BCUT2D eigenvalue weighted by Gasteiger charge is -2.35. The van der Waals surface area contributed by atoms with Gasteiger partial charge in [-0.05, 0) is 51.5 Å². The monoisotopic (exact) mass is 453 g/mol. The van der Waals surface area contributed by atoms with Gasteiger partial charge in [0, 0.05) is 30.2 Å². The molecule has 3 aromatic rings. The van der Waals surface area contributed by atoms with Crippen LogP contribution < -0.4 is 0 Å². The molecule has 0 bridgehead atoms. The number of likely N-dealkylation sites (tertiary alicyclic amines) is 1. The van der Waals surface area contributed by atoms with Crippen molar-refractivity contribution in [3.8, 4) is 0 Å². The van der Waals surface area contributed by atoms with Crippen LogP contribution in [0.25, 0.3) is 10.9 Å². The minimum Gasteiger partial charge on any atom is -0.341 e. The Labute approximate surface area is 190 Å². The van der Waals surface area contributed by atoms with Gasteiger partial charge in [-0.15, -0.1) is 0 Å². The highest BCUT2D eigenvalue weighted by molar-refractivity contribution is 7.90. The summed E-state index contributed by atoms with van der Waals surface area (Å²) in [5.74, 6) is -0.0622. The third kappa shape index (κ3) is 4.74. The van der Waals surface area contributed by atoms with Gasteiger partial charge < -0.3 is 14.4 Å². The first-order valence-corrected chi connectivity index (χ1v) is 12.7. The zero-order valence-corrected chi connectivity index (χ0v) is 19.8. The summed E-state index contributed by atoms with van der Waals surface area (Å²) in [6.07, 6.45) is 3.55. The maximum atomic E-state index is 13.3. The van der Waals surface area contributed by atoms with E-state index in [1.165, 1.54) is 0 Å². The zero-order chi connectivity index (χ0) is 22.9. The van der Waals surface area contributed by atoms with Crippen LogP contribution in [0.4, 0.5) is 0 Å². The summed E-state index contributed by atoms with van der Waals surface area (Å²) in [4.78, 5) is 17.5. The van der Waals surface area contributed by atoms with Gasteiger partial charge in [0.2, 0.25) is 5.91 Å². The van der Waals surface area contributed by atoms with E-state index in [0.29, 0.717) is 5.39 Å². The largest absolute Gasteiger partial charge is 0.341 e. The number of hydrogen-bond acceptors (Lipinski definition) is 4. The SMILES string of the molecule is Cc1ccc(CS(=O)(=O)c2cn(CC(=O)N(C)C3CCN(C)CC3)c3ccccc23)cc1. The molecule has 7 heteroatoms. The number of amides is 1. The van der Waals surface area contributed by atoms with Crippen LogP contribution in [-0.2, 0) is 26.9 Å². The normalized spacial score (nSPS) is 15.8. The molecule has 0 atom stereocenters. The molecule has 1 aliphatic heterocycles. The van der Waals surface area contributed by atoms with Crippen molar-refractivity contribution in [3.05, 3.63) is 65.9 Å². The predicted octanol–water partition coefficient (Wildman–Crippen LogP) is 3.48. The third-order valence-electron chi connectivity index (χ3n) is 6.50. The Balaban J connectivity index is 1.60. The molecule has 1 aromatic heterocycles. The quantitative estimate of drug-likeness (QED) is 0.573. The number of carbonyl (C=O) groups is 1. The van der Waals surface area contributed by atoms with Crippen molar-refractivity contribution >= 4 is 26.6 Å². The smallest absolute Gasteiger partial charge is 0.242 e. The number of fused-ring (bicyclic) bond motifs is 1. The Bertz CT molecular complexity index is 1210. The van der Waals surface area contributed by atoms with Crippen LogP contribution in [0, 0.1) is 6.92 Å². The number of para-hydroxylation sites is 1. The average molecular weight is 454 g/mol. The van der Waals surface area contributed by atoms with Crippen LogP contribution in [-0.4, -0.2) is 61.9 Å². The van der Waals surface area contributed by atoms with Gasteiger partial charge >= 0.3 is 0 Å². The van der Waals surface area contributed by atoms with E-state index < -0.39 is 9.84 Å². The highest BCUT2D eigenvalue weighted by Gasteiger charge is 2.26. The third-order valence-corrected chi connectivity index (χ3v) is 8.21. The number of aryl methyl sites for hydroxylation is 1. The van der Waals surface area contributed by atoms with Crippen molar-refractivity contribution in [2.45, 2.75) is 43.0 Å². The molecule has 170 valence electrons. The molecule has 1 fully saturated rings. The highest BCUT2D eigenvalue weighted by Crippen LogP contribution is 2.28. The number of likely N-dealkylation sites (N-methyl/N-ethyl adjacent to an activating group) is 1. The van der Waals surface area contributed by atoms with Crippen molar-refractivity contribution < 1.29 is 13.2 Å². The summed E-state index contributed by atoms with van der Waals surface area (Å²) >= 11 is 0. The summed E-state index contributed by atoms with van der Waals surface area (Å²) in [5.41, 5.74) is 2.61. The van der Waals surface area contributed by atoms with Crippen molar-refractivity contribution in [1.29, 1.82) is 0 Å². The molecule has 0 N–H and O–H groups in total. The standard InChI is InChI=1S/C25H31N3O3S/c1-19-8-10-20(11-9-19)18-32(30,31)24-16-28(23-7-5-4-6-22(23)24)17-25(29)27(3)21-12-14-26(2)15-13-21/h4-11,16,21H,12-15,17-18H2,1-3H3. The van der Waals surface area contributed by atoms with E-state index in [0.717, 1.165) is 42.6 Å². The van der Waals surface area contributed by atoms with E-state index in [1.54, 1.807) is 10.8 Å². The number of benzene rings is 2. The molecular formula is C25H31N3O3S. The van der Waals surface area contributed by atoms with E-state index in [9.17, 15) is 13.2 Å². The number of hydrogen-bond donors (Lipinski definition) is 0. The lowest BCUT2D eigenvalue weighted by molar-refractivity contribution is -0.133. The average Bonchev–Trinajstić information content (AvgIpc) is 3.15. The second kappa shape index (κ2) is 9.08. The molecule has 0 saturated carbocycles. The number of aromatic nitrogens is 1. The first-order chi connectivity index (χ1) is 15.2. The second-order valence-corrected chi connectivity index (χ2v) is 10.9. The number of carbonyl (C=O) groups excluding carboxylic acids is 1. The fourth-order valence-corrected chi connectivity index (χ4v) is 6.00. The maximum absolute atomic E-state index is 13.3. The molecule has 4 rings (SSSR count). The van der Waals surface area contributed by atoms with Crippen molar-refractivity contribution in [1.82, 2.24) is 14.4 Å². The molecule has 0 aliphatic carbocycles. The molecule has 2 aromatic carbocycles. The Hall–Kier alpha value is -2.64. The Morgan fingerprint density at radius 2 is 1.72 bits per heavy atom. The number of sulfone groups is 1. The molecule has 0 spiro atoms. The van der Waals surface area contributed by atoms with Crippen LogP contribution in [0.15, 0.2) is 59.6 Å². The summed E-state index contributed by atoms with van der Waals surface area (Å²) < 4.78 is 28.4. The maximum Gasteiger partial charge on any atom is 0.242 e. The summed E-state index contributed by atoms with van der Waals surface area (Å²) in [6, 6.07) is 15.2. The fraction of sp³-hybridized carbons (Fsp3) is 0.400. The number of rotatable bonds is 6. The van der Waals surface area contributed by atoms with Crippen molar-refractivity contribution in [2.75, 3.05) is 27.2 Å². The molecule has 1 saturated heterocycles. The lowest BCUT2D eigenvalue weighted by Crippen LogP contribution is -2.45. The molecule has 32 heavy (non-hydrogen) atoms. The molecule has 6 nitrogen and oxygen atoms in total. The van der Waals surface area contributed by atoms with Crippen LogP contribution in [0.5, 0.6) is 0 Å². The van der Waals surface area contributed by atoms with Gasteiger partial charge in [0.1, 0.15) is 6.54 Å². The minimum absolute atomic E-state index is 0.00258. The summed E-state index contributed by atoms with van der Waals surface area (Å²) in [5, 5.41) is 0.661. The fourth-order valence-electron chi connectivity index (χ4n) is 4.42. The van der Waals surface area contributed by atoms with Gasteiger partial charge in [-0.3, -0.25) is 4.79 Å². The highest BCUT2D eigenvalue weighted by atomic mass is 32.2. The van der Waals surface area contributed by atoms with E-state index in [-0.39, 0.29) is 29.1 Å². The first kappa shape index (κ1) is 22.6. The van der Waals surface area contributed by atoms with Crippen molar-refractivity contribution in [2.24, 2.45) is 0 Å². The van der Waals surface area contributed by atoms with E-state index in [2.05, 4.69) is 11.9 Å². The molecular weight excluding hydrogens is 422 g/mol. The van der Waals surface area contributed by atoms with E-state index in [4.69, 9.17) is 0 Å². The van der Waals surface area contributed by atoms with Crippen LogP contribution in [0.3, 0.4) is 0 Å². The van der Waals surface area contributed by atoms with Crippen LogP contribution in [0.2, 0.25) is 0 Å². The summed E-state index contributed by atoms with van der Waals surface area (Å²) in [7, 11) is 0.394. The van der Waals surface area contributed by atoms with E-state index in [1.807, 2.05) is 67.4 Å². The van der Waals surface area contributed by atoms with Gasteiger partial charge in [0.05, 0.1) is 10.6 Å². The zero-order valence-electron chi connectivity index (χ0n) is 19.0. The predicted molar refractivity (Wildman–Crippen MR) is 127 cm³/mol. The summed E-state index contributed by atoms with van der Waals surface area (Å²) in [6.45, 7) is 4.07. The number of nitrogens with zero attached hydrogens (tertiary/aromatic N) is 3. The van der Waals surface area contributed by atoms with Crippen LogP contribution >= 0.6 is 0 Å². The van der Waals surface area contributed by atoms with Crippen molar-refractivity contribution in [3.63, 3.8) is 0 Å². The van der Waals surface area contributed by atoms with E-state index >= 15 is 0 Å². The lowest BCUT2D eigenvalue weighted by atomic mass is 10.0. The van der Waals surface area contributed by atoms with Gasteiger partial charge in [0.25, 0.3) is 0 Å². The topological polar surface area (TPSA) is 62.6 Å². The van der Waals surface area contributed by atoms with Gasteiger partial charge in [-0.25, -0.2) is 8.42 Å². The minimum atomic E-state index is -3.57. The first-order valence-electron chi connectivity index (χ1n) is 11.0. The number of piperidine rings is 1. The Kier molecular flexibility index (Phi) is 6.40. The Morgan fingerprint density at radius 1 is 1.06 bits per heavy atom. The van der Waals surface area contributed by atoms with Crippen LogP contribution in [0.1, 0.15) is 24.0 Å². The van der Waals surface area contributed by atoms with Gasteiger partial charge in [0.15, 0.2) is 9.84 Å².